The summed E-state index contributed by atoms with van der Waals surface area (Å²) in [6.07, 6.45) is 0.570. The van der Waals surface area contributed by atoms with Crippen molar-refractivity contribution in [1.82, 2.24) is 9.80 Å². The molecule has 2 atom stereocenters. The molecule has 1 aliphatic heterocycles. The van der Waals surface area contributed by atoms with Crippen LogP contribution in [0, 0.1) is 5.92 Å². The number of amides is 2. The van der Waals surface area contributed by atoms with E-state index in [1.165, 1.54) is 0 Å². The molecule has 0 spiro atoms. The van der Waals surface area contributed by atoms with E-state index in [2.05, 4.69) is 0 Å². The van der Waals surface area contributed by atoms with E-state index in [-0.39, 0.29) is 23.8 Å². The molecule has 124 valence electrons. The van der Waals surface area contributed by atoms with E-state index in [0.717, 1.165) is 17.0 Å². The second-order valence-electron chi connectivity index (χ2n) is 5.98. The lowest BCUT2D eigenvalue weighted by Gasteiger charge is -2.34. The first-order chi connectivity index (χ1) is 11.1. The summed E-state index contributed by atoms with van der Waals surface area (Å²) < 4.78 is 4.99. The second-order valence-corrected chi connectivity index (χ2v) is 6.39. The Labute approximate surface area is 141 Å². The first kappa shape index (κ1) is 16.1. The number of halogens is 1. The van der Waals surface area contributed by atoms with E-state index in [0.29, 0.717) is 32.8 Å². The smallest absolute Gasteiger partial charge is 0.409 e. The van der Waals surface area contributed by atoms with Crippen LogP contribution in [0.15, 0.2) is 24.3 Å². The Morgan fingerprint density at radius 2 is 1.83 bits per heavy atom. The molecule has 1 aromatic rings. The third-order valence-corrected chi connectivity index (χ3v) is 4.87. The minimum absolute atomic E-state index is 0.0315. The summed E-state index contributed by atoms with van der Waals surface area (Å²) in [6, 6.07) is 7.73. The third-order valence-electron chi connectivity index (χ3n) is 4.53. The second kappa shape index (κ2) is 6.79. The van der Waals surface area contributed by atoms with E-state index >= 15 is 0 Å². The third kappa shape index (κ3) is 3.44. The fourth-order valence-electron chi connectivity index (χ4n) is 3.15. The van der Waals surface area contributed by atoms with Gasteiger partial charge in [-0.05, 0) is 30.9 Å². The quantitative estimate of drug-likeness (QED) is 0.852. The van der Waals surface area contributed by atoms with Crippen LogP contribution in [0.1, 0.15) is 24.8 Å². The number of hydrogen-bond donors (Lipinski definition) is 0. The van der Waals surface area contributed by atoms with Gasteiger partial charge in [0.1, 0.15) is 0 Å². The first-order valence-electron chi connectivity index (χ1n) is 8.06. The summed E-state index contributed by atoms with van der Waals surface area (Å²) in [7, 11) is 0. The van der Waals surface area contributed by atoms with Gasteiger partial charge >= 0.3 is 6.09 Å². The zero-order valence-electron chi connectivity index (χ0n) is 13.2. The molecule has 1 aromatic carbocycles. The number of carbonyl (C=O) groups is 2. The molecule has 2 fully saturated rings. The van der Waals surface area contributed by atoms with Gasteiger partial charge in [0, 0.05) is 37.1 Å². The van der Waals surface area contributed by atoms with Crippen molar-refractivity contribution in [2.45, 2.75) is 19.3 Å². The predicted octanol–water partition coefficient (Wildman–Crippen LogP) is 2.74. The molecule has 2 unspecified atom stereocenters. The molecule has 1 saturated heterocycles. The van der Waals surface area contributed by atoms with Gasteiger partial charge in [0.25, 0.3) is 0 Å². The summed E-state index contributed by atoms with van der Waals surface area (Å²) in [4.78, 5) is 27.8. The van der Waals surface area contributed by atoms with Crippen molar-refractivity contribution in [2.75, 3.05) is 32.8 Å². The fourth-order valence-corrected chi connectivity index (χ4v) is 3.42. The van der Waals surface area contributed by atoms with Crippen LogP contribution in [0.5, 0.6) is 0 Å². The molecule has 0 N–H and O–H groups in total. The highest BCUT2D eigenvalue weighted by atomic mass is 35.5. The number of hydrogen-bond acceptors (Lipinski definition) is 3. The van der Waals surface area contributed by atoms with Crippen LogP contribution < -0.4 is 0 Å². The van der Waals surface area contributed by atoms with Crippen LogP contribution in [0.4, 0.5) is 4.79 Å². The molecule has 3 rings (SSSR count). The van der Waals surface area contributed by atoms with Gasteiger partial charge in [0.2, 0.25) is 5.91 Å². The molecule has 1 aliphatic carbocycles. The van der Waals surface area contributed by atoms with Gasteiger partial charge in [-0.3, -0.25) is 4.79 Å². The van der Waals surface area contributed by atoms with E-state index in [1.807, 2.05) is 29.2 Å². The fraction of sp³-hybridized carbons (Fsp3) is 0.529. The Morgan fingerprint density at radius 1 is 1.17 bits per heavy atom. The summed E-state index contributed by atoms with van der Waals surface area (Å²) in [5, 5.41) is 0.736. The van der Waals surface area contributed by atoms with Gasteiger partial charge in [-0.2, -0.15) is 0 Å². The topological polar surface area (TPSA) is 49.9 Å². The molecule has 1 saturated carbocycles. The molecule has 5 nitrogen and oxygen atoms in total. The molecule has 0 aromatic heterocycles. The Morgan fingerprint density at radius 3 is 2.48 bits per heavy atom. The highest BCUT2D eigenvalue weighted by Crippen LogP contribution is 2.50. The van der Waals surface area contributed by atoms with Crippen LogP contribution in [0.25, 0.3) is 0 Å². The molecule has 0 bridgehead atoms. The minimum atomic E-state index is -0.292. The lowest BCUT2D eigenvalue weighted by atomic mass is 10.1. The zero-order valence-corrected chi connectivity index (χ0v) is 14.0. The monoisotopic (exact) mass is 336 g/mol. The standard InChI is InChI=1S/C17H21ClN2O3/c1-2-23-17(22)20-9-7-19(8-10-20)16(21)14-11-13(14)12-5-3-4-6-15(12)18/h3-6,13-14H,2,7-11H2,1H3. The maximum absolute atomic E-state index is 12.6. The van der Waals surface area contributed by atoms with Crippen molar-refractivity contribution in [2.24, 2.45) is 5.92 Å². The van der Waals surface area contributed by atoms with E-state index in [4.69, 9.17) is 16.3 Å². The molecule has 6 heteroatoms. The molecule has 0 radical (unpaired) electrons. The summed E-state index contributed by atoms with van der Waals surface area (Å²) in [6.45, 7) is 4.38. The molecular formula is C17H21ClN2O3. The van der Waals surface area contributed by atoms with Crippen molar-refractivity contribution < 1.29 is 14.3 Å². The summed E-state index contributed by atoms with van der Waals surface area (Å²) >= 11 is 6.22. The van der Waals surface area contributed by atoms with Crippen LogP contribution in [-0.4, -0.2) is 54.6 Å². The van der Waals surface area contributed by atoms with Crippen LogP contribution >= 0.6 is 11.6 Å². The minimum Gasteiger partial charge on any atom is -0.450 e. The van der Waals surface area contributed by atoms with Crippen molar-refractivity contribution in [3.8, 4) is 0 Å². The van der Waals surface area contributed by atoms with Crippen LogP contribution in [0.2, 0.25) is 5.02 Å². The normalized spacial score (nSPS) is 23.6. The SMILES string of the molecule is CCOC(=O)N1CCN(C(=O)C2CC2c2ccccc2Cl)CC1. The molecule has 2 amide bonds. The van der Waals surface area contributed by atoms with Gasteiger partial charge in [0.05, 0.1) is 6.61 Å². The van der Waals surface area contributed by atoms with E-state index < -0.39 is 0 Å². The first-order valence-corrected chi connectivity index (χ1v) is 8.44. The lowest BCUT2D eigenvalue weighted by molar-refractivity contribution is -0.134. The number of benzene rings is 1. The van der Waals surface area contributed by atoms with Gasteiger partial charge in [0.15, 0.2) is 0 Å². The predicted molar refractivity (Wildman–Crippen MR) is 87.5 cm³/mol. The highest BCUT2D eigenvalue weighted by Gasteiger charge is 2.46. The molecule has 23 heavy (non-hydrogen) atoms. The van der Waals surface area contributed by atoms with E-state index in [9.17, 15) is 9.59 Å². The number of carbonyl (C=O) groups excluding carboxylic acids is 2. The van der Waals surface area contributed by atoms with Gasteiger partial charge in [-0.25, -0.2) is 4.79 Å². The molecular weight excluding hydrogens is 316 g/mol. The maximum Gasteiger partial charge on any atom is 0.409 e. The Balaban J connectivity index is 1.53. The van der Waals surface area contributed by atoms with Crippen molar-refractivity contribution in [1.29, 1.82) is 0 Å². The Bertz CT molecular complexity index is 599. The van der Waals surface area contributed by atoms with Gasteiger partial charge < -0.3 is 14.5 Å². The van der Waals surface area contributed by atoms with Crippen molar-refractivity contribution in [3.05, 3.63) is 34.9 Å². The summed E-state index contributed by atoms with van der Waals surface area (Å²) in [5.41, 5.74) is 1.07. The maximum atomic E-state index is 12.6. The van der Waals surface area contributed by atoms with E-state index in [1.54, 1.807) is 11.8 Å². The molecule has 2 aliphatic rings. The van der Waals surface area contributed by atoms with Crippen molar-refractivity contribution in [3.63, 3.8) is 0 Å². The lowest BCUT2D eigenvalue weighted by Crippen LogP contribution is -2.51. The van der Waals surface area contributed by atoms with Gasteiger partial charge in [-0.1, -0.05) is 29.8 Å². The summed E-state index contributed by atoms with van der Waals surface area (Å²) in [5.74, 6) is 0.446. The average molecular weight is 337 g/mol. The average Bonchev–Trinajstić information content (AvgIpc) is 3.35. The Hall–Kier alpha value is -1.75. The van der Waals surface area contributed by atoms with Crippen LogP contribution in [0.3, 0.4) is 0 Å². The largest absolute Gasteiger partial charge is 0.450 e. The number of nitrogens with zero attached hydrogens (tertiary/aromatic N) is 2. The number of rotatable bonds is 3. The highest BCUT2D eigenvalue weighted by molar-refractivity contribution is 6.31. The van der Waals surface area contributed by atoms with Crippen LogP contribution in [-0.2, 0) is 9.53 Å². The van der Waals surface area contributed by atoms with Gasteiger partial charge in [-0.15, -0.1) is 0 Å². The Kier molecular flexibility index (Phi) is 4.76. The van der Waals surface area contributed by atoms with Crippen molar-refractivity contribution >= 4 is 23.6 Å². The molecule has 1 heterocycles. The zero-order chi connectivity index (χ0) is 16.4. The number of ether oxygens (including phenoxy) is 1. The number of piperazine rings is 1.